The van der Waals surface area contributed by atoms with E-state index in [2.05, 4.69) is 0 Å². The van der Waals surface area contributed by atoms with Crippen molar-refractivity contribution in [1.82, 2.24) is 0 Å². The number of halogens is 1. The zero-order chi connectivity index (χ0) is 17.3. The molecule has 0 bridgehead atoms. The lowest BCUT2D eigenvalue weighted by Gasteiger charge is -2.14. The Labute approximate surface area is 154 Å². The maximum absolute atomic E-state index is 12.7. The highest BCUT2D eigenvalue weighted by atomic mass is 35.5. The minimum Gasteiger partial charge on any atom is -0.295 e. The normalized spacial score (nSPS) is 16.1. The maximum Gasteiger partial charge on any atom is 0.270 e. The molecule has 120 valence electrons. The molecule has 0 saturated carbocycles. The van der Waals surface area contributed by atoms with Crippen LogP contribution in [0.15, 0.2) is 53.4 Å². The molecule has 1 amide bonds. The Bertz CT molecular complexity index is 875. The summed E-state index contributed by atoms with van der Waals surface area (Å²) >= 11 is 12.6. The summed E-state index contributed by atoms with van der Waals surface area (Å²) in [6.45, 7) is 1.50. The van der Waals surface area contributed by atoms with Gasteiger partial charge in [0.2, 0.25) is 0 Å². The molecule has 0 atom stereocenters. The summed E-state index contributed by atoms with van der Waals surface area (Å²) in [7, 11) is 0. The van der Waals surface area contributed by atoms with Crippen molar-refractivity contribution in [1.29, 1.82) is 0 Å². The van der Waals surface area contributed by atoms with Crippen molar-refractivity contribution in [3.63, 3.8) is 0 Å². The van der Waals surface area contributed by atoms with Crippen molar-refractivity contribution >= 4 is 63.4 Å². The monoisotopic (exact) mass is 373 g/mol. The fourth-order valence-corrected chi connectivity index (χ4v) is 3.78. The van der Waals surface area contributed by atoms with E-state index in [1.807, 2.05) is 12.1 Å². The average molecular weight is 374 g/mol. The molecule has 2 aromatic carbocycles. The van der Waals surface area contributed by atoms with Crippen LogP contribution in [0.5, 0.6) is 0 Å². The summed E-state index contributed by atoms with van der Waals surface area (Å²) in [5, 5.41) is 0.610. The van der Waals surface area contributed by atoms with Gasteiger partial charge in [0.05, 0.1) is 10.6 Å². The summed E-state index contributed by atoms with van der Waals surface area (Å²) < 4.78 is 0.462. The molecule has 0 radical (unpaired) electrons. The third-order valence-corrected chi connectivity index (χ3v) is 5.01. The van der Waals surface area contributed by atoms with Crippen LogP contribution in [0.2, 0.25) is 5.02 Å². The van der Waals surface area contributed by atoms with Gasteiger partial charge in [-0.05, 0) is 55.0 Å². The van der Waals surface area contributed by atoms with E-state index < -0.39 is 0 Å². The van der Waals surface area contributed by atoms with Crippen molar-refractivity contribution in [2.24, 2.45) is 0 Å². The van der Waals surface area contributed by atoms with E-state index in [4.69, 9.17) is 23.8 Å². The Balaban J connectivity index is 1.90. The number of ketones is 1. The van der Waals surface area contributed by atoms with Crippen LogP contribution in [-0.2, 0) is 4.79 Å². The van der Waals surface area contributed by atoms with Gasteiger partial charge in [-0.2, -0.15) is 0 Å². The van der Waals surface area contributed by atoms with Crippen LogP contribution in [0.1, 0.15) is 22.8 Å². The molecule has 1 aliphatic heterocycles. The smallest absolute Gasteiger partial charge is 0.270 e. The Morgan fingerprint density at radius 2 is 1.92 bits per heavy atom. The number of Topliss-reactive ketones (excluding diaryl/α,β-unsaturated/α-hetero) is 1. The summed E-state index contributed by atoms with van der Waals surface area (Å²) in [6, 6.07) is 14.1. The highest BCUT2D eigenvalue weighted by Gasteiger charge is 2.33. The van der Waals surface area contributed by atoms with Gasteiger partial charge >= 0.3 is 0 Å². The first-order valence-electron chi connectivity index (χ1n) is 7.10. The molecule has 1 aliphatic rings. The molecule has 0 spiro atoms. The number of thiocarbonyl (C=S) groups is 1. The number of rotatable bonds is 3. The van der Waals surface area contributed by atoms with Gasteiger partial charge < -0.3 is 0 Å². The van der Waals surface area contributed by atoms with Gasteiger partial charge in [-0.15, -0.1) is 0 Å². The Hall–Kier alpha value is -1.95. The first-order valence-corrected chi connectivity index (χ1v) is 8.70. The molecule has 0 unspecified atom stereocenters. The van der Waals surface area contributed by atoms with Crippen LogP contribution in [0.3, 0.4) is 0 Å². The van der Waals surface area contributed by atoms with E-state index in [1.165, 1.54) is 23.6 Å². The molecule has 0 aliphatic carbocycles. The highest BCUT2D eigenvalue weighted by Crippen LogP contribution is 2.36. The fourth-order valence-electron chi connectivity index (χ4n) is 2.28. The second-order valence-corrected chi connectivity index (χ2v) is 7.29. The second-order valence-electron chi connectivity index (χ2n) is 5.18. The summed E-state index contributed by atoms with van der Waals surface area (Å²) in [6.07, 6.45) is 1.77. The maximum atomic E-state index is 12.7. The lowest BCUT2D eigenvalue weighted by atomic mass is 10.1. The zero-order valence-electron chi connectivity index (χ0n) is 12.7. The van der Waals surface area contributed by atoms with Gasteiger partial charge in [0.25, 0.3) is 5.91 Å². The standard InChI is InChI=1S/C18H12ClNO2S2/c1-11(21)13-5-7-15(8-6-13)20-17(22)16(24-18(20)23)10-12-3-2-4-14(19)9-12/h2-10H,1H3. The molecule has 3 nitrogen and oxygen atoms in total. The molecular weight excluding hydrogens is 362 g/mol. The zero-order valence-corrected chi connectivity index (χ0v) is 15.0. The number of carbonyl (C=O) groups excluding carboxylic acids is 2. The molecule has 0 aromatic heterocycles. The predicted molar refractivity (Wildman–Crippen MR) is 104 cm³/mol. The van der Waals surface area contributed by atoms with Crippen LogP contribution < -0.4 is 4.90 Å². The molecule has 1 heterocycles. The fraction of sp³-hybridized carbons (Fsp3) is 0.0556. The van der Waals surface area contributed by atoms with Crippen molar-refractivity contribution in [2.45, 2.75) is 6.92 Å². The van der Waals surface area contributed by atoms with Crippen LogP contribution in [0.4, 0.5) is 5.69 Å². The van der Waals surface area contributed by atoms with Crippen molar-refractivity contribution < 1.29 is 9.59 Å². The molecule has 0 N–H and O–H groups in total. The lowest BCUT2D eigenvalue weighted by Crippen LogP contribution is -2.27. The Morgan fingerprint density at radius 1 is 1.21 bits per heavy atom. The van der Waals surface area contributed by atoms with E-state index >= 15 is 0 Å². The van der Waals surface area contributed by atoms with Crippen LogP contribution in [-0.4, -0.2) is 16.0 Å². The van der Waals surface area contributed by atoms with E-state index in [0.29, 0.717) is 25.5 Å². The van der Waals surface area contributed by atoms with E-state index in [-0.39, 0.29) is 11.7 Å². The lowest BCUT2D eigenvalue weighted by molar-refractivity contribution is -0.113. The first-order chi connectivity index (χ1) is 11.5. The van der Waals surface area contributed by atoms with E-state index in [0.717, 1.165) is 5.56 Å². The van der Waals surface area contributed by atoms with Crippen LogP contribution >= 0.6 is 35.6 Å². The second kappa shape index (κ2) is 6.89. The third-order valence-electron chi connectivity index (χ3n) is 3.47. The number of benzene rings is 2. The van der Waals surface area contributed by atoms with Gasteiger partial charge in [-0.25, -0.2) is 0 Å². The number of carbonyl (C=O) groups is 2. The number of thioether (sulfide) groups is 1. The minimum absolute atomic E-state index is 0.0206. The van der Waals surface area contributed by atoms with Gasteiger partial charge in [0.15, 0.2) is 10.1 Å². The minimum atomic E-state index is -0.180. The molecule has 6 heteroatoms. The number of nitrogens with zero attached hydrogens (tertiary/aromatic N) is 1. The summed E-state index contributed by atoms with van der Waals surface area (Å²) in [4.78, 5) is 26.0. The molecule has 1 saturated heterocycles. The summed E-state index contributed by atoms with van der Waals surface area (Å²) in [5.74, 6) is -0.201. The largest absolute Gasteiger partial charge is 0.295 e. The van der Waals surface area contributed by atoms with Gasteiger partial charge in [-0.1, -0.05) is 47.7 Å². The Morgan fingerprint density at radius 3 is 2.54 bits per heavy atom. The number of hydrogen-bond donors (Lipinski definition) is 0. The predicted octanol–water partition coefficient (Wildman–Crippen LogP) is 4.95. The SMILES string of the molecule is CC(=O)c1ccc(N2C(=O)C(=Cc3cccc(Cl)c3)SC2=S)cc1. The number of amides is 1. The number of anilines is 1. The molecular formula is C18H12ClNO2S2. The Kier molecular flexibility index (Phi) is 4.85. The van der Waals surface area contributed by atoms with E-state index in [9.17, 15) is 9.59 Å². The molecule has 24 heavy (non-hydrogen) atoms. The van der Waals surface area contributed by atoms with Crippen LogP contribution in [0.25, 0.3) is 6.08 Å². The highest BCUT2D eigenvalue weighted by molar-refractivity contribution is 8.27. The summed E-state index contributed by atoms with van der Waals surface area (Å²) in [5.41, 5.74) is 2.09. The molecule has 2 aromatic rings. The van der Waals surface area contributed by atoms with Gasteiger partial charge in [0.1, 0.15) is 0 Å². The van der Waals surface area contributed by atoms with Gasteiger partial charge in [-0.3, -0.25) is 14.5 Å². The van der Waals surface area contributed by atoms with Crippen molar-refractivity contribution in [3.05, 3.63) is 69.6 Å². The quantitative estimate of drug-likeness (QED) is 0.433. The van der Waals surface area contributed by atoms with Crippen molar-refractivity contribution in [3.8, 4) is 0 Å². The number of hydrogen-bond acceptors (Lipinski definition) is 4. The average Bonchev–Trinajstić information content (AvgIpc) is 2.81. The van der Waals surface area contributed by atoms with Crippen molar-refractivity contribution in [2.75, 3.05) is 4.90 Å². The van der Waals surface area contributed by atoms with Gasteiger partial charge in [0, 0.05) is 10.6 Å². The topological polar surface area (TPSA) is 37.4 Å². The molecule has 1 fully saturated rings. The van der Waals surface area contributed by atoms with Crippen LogP contribution in [0, 0.1) is 0 Å². The third kappa shape index (κ3) is 3.43. The first kappa shape index (κ1) is 16.9. The molecule has 3 rings (SSSR count). The van der Waals surface area contributed by atoms with E-state index in [1.54, 1.807) is 42.5 Å².